The molecule has 0 saturated carbocycles. The van der Waals surface area contributed by atoms with Crippen LogP contribution in [0.3, 0.4) is 0 Å². The topological polar surface area (TPSA) is 78.9 Å². The first-order valence-electron chi connectivity index (χ1n) is 27.8. The van der Waals surface area contributed by atoms with E-state index in [9.17, 15) is 14.4 Å². The summed E-state index contributed by atoms with van der Waals surface area (Å²) in [6.07, 6.45) is 60.2. The van der Waals surface area contributed by atoms with Crippen LogP contribution >= 0.6 is 0 Å². The highest BCUT2D eigenvalue weighted by atomic mass is 16.6. The van der Waals surface area contributed by atoms with Crippen molar-refractivity contribution in [1.82, 2.24) is 0 Å². The van der Waals surface area contributed by atoms with Crippen molar-refractivity contribution in [2.75, 3.05) is 13.2 Å². The molecule has 0 radical (unpaired) electrons. The molecule has 0 rings (SSSR count). The van der Waals surface area contributed by atoms with Crippen molar-refractivity contribution in [2.24, 2.45) is 0 Å². The predicted molar refractivity (Wildman–Crippen MR) is 270 cm³/mol. The Balaban J connectivity index is 4.36. The number of unbranched alkanes of at least 4 members (excludes halogenated alkanes) is 36. The molecule has 0 bridgehead atoms. The van der Waals surface area contributed by atoms with E-state index in [1.54, 1.807) is 0 Å². The van der Waals surface area contributed by atoms with Gasteiger partial charge in [0.25, 0.3) is 0 Å². The summed E-state index contributed by atoms with van der Waals surface area (Å²) in [4.78, 5) is 38.1. The third-order valence-corrected chi connectivity index (χ3v) is 12.4. The van der Waals surface area contributed by atoms with Crippen LogP contribution in [-0.2, 0) is 28.6 Å². The Bertz CT molecular complexity index is 1020. The lowest BCUT2D eigenvalue weighted by Gasteiger charge is -2.18. The summed E-state index contributed by atoms with van der Waals surface area (Å²) in [6.45, 7) is 6.66. The molecule has 0 aliphatic carbocycles. The fraction of sp³-hybridized carbons (Fsp3) is 0.877. The van der Waals surface area contributed by atoms with Gasteiger partial charge in [-0.2, -0.15) is 0 Å². The lowest BCUT2D eigenvalue weighted by molar-refractivity contribution is -0.167. The van der Waals surface area contributed by atoms with E-state index >= 15 is 0 Å². The largest absolute Gasteiger partial charge is 0.462 e. The minimum atomic E-state index is -0.774. The van der Waals surface area contributed by atoms with Crippen LogP contribution in [0, 0.1) is 0 Å². The first kappa shape index (κ1) is 60.9. The van der Waals surface area contributed by atoms with E-state index in [2.05, 4.69) is 45.1 Å². The molecule has 6 heteroatoms. The molecular weight excluding hydrogens is 781 g/mol. The van der Waals surface area contributed by atoms with Gasteiger partial charge in [-0.3, -0.25) is 14.4 Å². The highest BCUT2D eigenvalue weighted by molar-refractivity contribution is 5.71. The second kappa shape index (κ2) is 52.5. The highest BCUT2D eigenvalue weighted by Gasteiger charge is 2.19. The smallest absolute Gasteiger partial charge is 0.306 e. The van der Waals surface area contributed by atoms with Crippen LogP contribution in [-0.4, -0.2) is 37.2 Å². The fourth-order valence-corrected chi connectivity index (χ4v) is 8.20. The molecule has 0 heterocycles. The number of allylic oxidation sites excluding steroid dienone is 4. The first-order chi connectivity index (χ1) is 31.0. The Morgan fingerprint density at radius 2 is 0.524 bits per heavy atom. The molecular formula is C57H106O6. The van der Waals surface area contributed by atoms with Crippen molar-refractivity contribution >= 4 is 17.9 Å². The number of hydrogen-bond donors (Lipinski definition) is 0. The van der Waals surface area contributed by atoms with Crippen molar-refractivity contribution in [3.8, 4) is 0 Å². The van der Waals surface area contributed by atoms with Gasteiger partial charge in [0.15, 0.2) is 6.10 Å². The Labute approximate surface area is 392 Å². The highest BCUT2D eigenvalue weighted by Crippen LogP contribution is 2.16. The maximum Gasteiger partial charge on any atom is 0.306 e. The SMILES string of the molecule is CCCCCCCCC/C=C\CCCCCCCC(=O)OCC(COC(=O)CCCCCCCCCCCCCCC)OC(=O)CCCCCCC/C=C\CCCCCCCCC. The van der Waals surface area contributed by atoms with Gasteiger partial charge in [0, 0.05) is 19.3 Å². The van der Waals surface area contributed by atoms with Crippen molar-refractivity contribution < 1.29 is 28.6 Å². The summed E-state index contributed by atoms with van der Waals surface area (Å²) in [6, 6.07) is 0. The third-order valence-electron chi connectivity index (χ3n) is 12.4. The molecule has 0 aromatic carbocycles. The minimum absolute atomic E-state index is 0.0731. The molecule has 0 amide bonds. The van der Waals surface area contributed by atoms with E-state index in [1.165, 1.54) is 193 Å². The third kappa shape index (κ3) is 50.7. The van der Waals surface area contributed by atoms with Gasteiger partial charge in [0.1, 0.15) is 13.2 Å². The van der Waals surface area contributed by atoms with Crippen LogP contribution in [0.15, 0.2) is 24.3 Å². The maximum absolute atomic E-state index is 12.8. The van der Waals surface area contributed by atoms with Gasteiger partial charge in [-0.1, -0.05) is 238 Å². The quantitative estimate of drug-likeness (QED) is 0.0262. The van der Waals surface area contributed by atoms with Crippen LogP contribution in [0.5, 0.6) is 0 Å². The van der Waals surface area contributed by atoms with Gasteiger partial charge in [-0.05, 0) is 70.6 Å². The van der Waals surface area contributed by atoms with E-state index in [-0.39, 0.29) is 31.1 Å². The van der Waals surface area contributed by atoms with Crippen LogP contribution in [0.1, 0.15) is 303 Å². The van der Waals surface area contributed by atoms with E-state index < -0.39 is 6.10 Å². The van der Waals surface area contributed by atoms with Crippen molar-refractivity contribution in [3.05, 3.63) is 24.3 Å². The van der Waals surface area contributed by atoms with Crippen LogP contribution in [0.2, 0.25) is 0 Å². The lowest BCUT2D eigenvalue weighted by Crippen LogP contribution is -2.30. The van der Waals surface area contributed by atoms with Crippen molar-refractivity contribution in [2.45, 2.75) is 309 Å². The zero-order valence-electron chi connectivity index (χ0n) is 42.4. The standard InChI is InChI=1S/C57H106O6/c1-4-7-10-13-16-19-22-25-27-29-32-35-38-41-44-47-50-56(59)62-53-54(52-61-55(58)49-46-43-40-37-34-31-24-21-18-15-12-9-6-3)63-57(60)51-48-45-42-39-36-33-30-28-26-23-20-17-14-11-8-5-2/h27-30,54H,4-26,31-53H2,1-3H3/b29-27-,30-28-. The number of carbonyl (C=O) groups is 3. The summed E-state index contributed by atoms with van der Waals surface area (Å²) in [5.74, 6) is -0.874. The number of ether oxygens (including phenoxy) is 3. The van der Waals surface area contributed by atoms with Crippen molar-refractivity contribution in [3.63, 3.8) is 0 Å². The molecule has 63 heavy (non-hydrogen) atoms. The van der Waals surface area contributed by atoms with E-state index in [1.807, 2.05) is 0 Å². The Kier molecular flexibility index (Phi) is 50.8. The van der Waals surface area contributed by atoms with Gasteiger partial charge in [-0.15, -0.1) is 0 Å². The van der Waals surface area contributed by atoms with Crippen LogP contribution in [0.4, 0.5) is 0 Å². The average Bonchev–Trinajstić information content (AvgIpc) is 3.28. The van der Waals surface area contributed by atoms with Gasteiger partial charge >= 0.3 is 17.9 Å². The average molecular weight is 887 g/mol. The Morgan fingerprint density at radius 3 is 0.794 bits per heavy atom. The van der Waals surface area contributed by atoms with Gasteiger partial charge in [0.05, 0.1) is 0 Å². The number of carbonyl (C=O) groups excluding carboxylic acids is 3. The molecule has 0 N–H and O–H groups in total. The monoisotopic (exact) mass is 887 g/mol. The second-order valence-corrected chi connectivity index (χ2v) is 18.8. The number of hydrogen-bond acceptors (Lipinski definition) is 6. The summed E-state index contributed by atoms with van der Waals surface area (Å²) in [7, 11) is 0. The van der Waals surface area contributed by atoms with Gasteiger partial charge in [-0.25, -0.2) is 0 Å². The summed E-state index contributed by atoms with van der Waals surface area (Å²) in [5.41, 5.74) is 0. The zero-order chi connectivity index (χ0) is 45.8. The second-order valence-electron chi connectivity index (χ2n) is 18.8. The van der Waals surface area contributed by atoms with Crippen molar-refractivity contribution in [1.29, 1.82) is 0 Å². The molecule has 0 aromatic heterocycles. The molecule has 0 aromatic rings. The molecule has 6 nitrogen and oxygen atoms in total. The van der Waals surface area contributed by atoms with Gasteiger partial charge < -0.3 is 14.2 Å². The molecule has 370 valence electrons. The number of rotatable bonds is 51. The summed E-state index contributed by atoms with van der Waals surface area (Å²) in [5, 5.41) is 0. The number of esters is 3. The summed E-state index contributed by atoms with van der Waals surface area (Å²) >= 11 is 0. The lowest BCUT2D eigenvalue weighted by atomic mass is 10.0. The first-order valence-corrected chi connectivity index (χ1v) is 27.8. The zero-order valence-corrected chi connectivity index (χ0v) is 42.4. The molecule has 1 unspecified atom stereocenters. The fourth-order valence-electron chi connectivity index (χ4n) is 8.20. The molecule has 0 aliphatic rings. The van der Waals surface area contributed by atoms with Crippen LogP contribution < -0.4 is 0 Å². The maximum atomic E-state index is 12.8. The van der Waals surface area contributed by atoms with E-state index in [4.69, 9.17) is 14.2 Å². The van der Waals surface area contributed by atoms with E-state index in [0.717, 1.165) is 70.6 Å². The predicted octanol–water partition coefficient (Wildman–Crippen LogP) is 18.3. The van der Waals surface area contributed by atoms with Gasteiger partial charge in [0.2, 0.25) is 0 Å². The van der Waals surface area contributed by atoms with E-state index in [0.29, 0.717) is 19.3 Å². The molecule has 1 atom stereocenters. The Morgan fingerprint density at radius 1 is 0.302 bits per heavy atom. The minimum Gasteiger partial charge on any atom is -0.462 e. The summed E-state index contributed by atoms with van der Waals surface area (Å²) < 4.78 is 16.8. The molecule has 0 fully saturated rings. The molecule has 0 saturated heterocycles. The normalized spacial score (nSPS) is 12.1. The molecule has 0 aliphatic heterocycles. The molecule has 0 spiro atoms. The Hall–Kier alpha value is -2.11. The van der Waals surface area contributed by atoms with Crippen LogP contribution in [0.25, 0.3) is 0 Å².